The summed E-state index contributed by atoms with van der Waals surface area (Å²) in [5.74, 6) is -1.38. The molecule has 3 aromatic rings. The van der Waals surface area contributed by atoms with Crippen molar-refractivity contribution < 1.29 is 19.1 Å². The maximum Gasteiger partial charge on any atom is 0.333 e. The molecule has 4 rings (SSSR count). The fourth-order valence-electron chi connectivity index (χ4n) is 3.77. The first kappa shape index (κ1) is 23.6. The minimum absolute atomic E-state index is 0.295. The van der Waals surface area contributed by atoms with E-state index in [0.717, 1.165) is 17.0 Å². The molecule has 0 saturated heterocycles. The summed E-state index contributed by atoms with van der Waals surface area (Å²) in [5, 5.41) is 3.11. The van der Waals surface area contributed by atoms with Gasteiger partial charge >= 0.3 is 5.97 Å². The number of fused-ring (bicyclic) bond motifs is 1. The highest BCUT2D eigenvalue weighted by Crippen LogP contribution is 2.37. The molecular formula is C27H26N2O4S. The molecule has 3 aromatic carbocycles. The largest absolute Gasteiger partial charge is 0.454 e. The number of amides is 2. The van der Waals surface area contributed by atoms with Crippen LogP contribution in [0.5, 0.6) is 0 Å². The van der Waals surface area contributed by atoms with Crippen molar-refractivity contribution in [1.29, 1.82) is 0 Å². The third-order valence-corrected chi connectivity index (χ3v) is 6.80. The lowest BCUT2D eigenvalue weighted by molar-refractivity contribution is -0.150. The highest BCUT2D eigenvalue weighted by Gasteiger charge is 2.28. The number of ether oxygens (including phenoxy) is 1. The van der Waals surface area contributed by atoms with Crippen LogP contribution in [0.4, 0.5) is 5.69 Å². The van der Waals surface area contributed by atoms with Gasteiger partial charge in [-0.15, -0.1) is 11.8 Å². The molecule has 2 amide bonds. The van der Waals surface area contributed by atoms with E-state index in [9.17, 15) is 14.4 Å². The van der Waals surface area contributed by atoms with Crippen molar-refractivity contribution in [2.45, 2.75) is 29.5 Å². The second-order valence-electron chi connectivity index (χ2n) is 8.02. The summed E-state index contributed by atoms with van der Waals surface area (Å²) < 4.78 is 5.44. The molecule has 2 unspecified atom stereocenters. The van der Waals surface area contributed by atoms with Gasteiger partial charge in [-0.1, -0.05) is 67.6 Å². The first-order chi connectivity index (χ1) is 16.5. The summed E-state index contributed by atoms with van der Waals surface area (Å²) in [5.41, 5.74) is 1.84. The monoisotopic (exact) mass is 474 g/mol. The van der Waals surface area contributed by atoms with Crippen molar-refractivity contribution in [3.63, 3.8) is 0 Å². The zero-order valence-electron chi connectivity index (χ0n) is 18.8. The van der Waals surface area contributed by atoms with E-state index in [1.54, 1.807) is 65.2 Å². The number of thioether (sulfide) groups is 1. The number of para-hydroxylation sites is 1. The van der Waals surface area contributed by atoms with E-state index in [0.29, 0.717) is 22.9 Å². The summed E-state index contributed by atoms with van der Waals surface area (Å²) in [6, 6.07) is 24.2. The molecular weight excluding hydrogens is 448 g/mol. The number of carbonyl (C=O) groups excluding carboxylic acids is 3. The molecule has 0 bridgehead atoms. The molecule has 7 heteroatoms. The Hall–Kier alpha value is -3.58. The molecule has 2 atom stereocenters. The van der Waals surface area contributed by atoms with Gasteiger partial charge in [-0.05, 0) is 36.2 Å². The summed E-state index contributed by atoms with van der Waals surface area (Å²) in [7, 11) is 0. The van der Waals surface area contributed by atoms with E-state index >= 15 is 0 Å². The third-order valence-electron chi connectivity index (χ3n) is 5.56. The lowest BCUT2D eigenvalue weighted by Crippen LogP contribution is -2.39. The molecule has 174 valence electrons. The Kier molecular flexibility index (Phi) is 7.65. The van der Waals surface area contributed by atoms with Crippen LogP contribution < -0.4 is 10.2 Å². The zero-order valence-corrected chi connectivity index (χ0v) is 19.7. The van der Waals surface area contributed by atoms with Crippen molar-refractivity contribution in [3.8, 4) is 0 Å². The predicted octanol–water partition coefficient (Wildman–Crippen LogP) is 4.62. The molecule has 6 nitrogen and oxygen atoms in total. The van der Waals surface area contributed by atoms with Crippen LogP contribution in [0, 0.1) is 0 Å². The van der Waals surface area contributed by atoms with Crippen LogP contribution >= 0.6 is 11.8 Å². The molecule has 1 aliphatic heterocycles. The Morgan fingerprint density at radius 1 is 0.971 bits per heavy atom. The van der Waals surface area contributed by atoms with Crippen LogP contribution in [0.1, 0.15) is 35.3 Å². The van der Waals surface area contributed by atoms with Crippen molar-refractivity contribution in [1.82, 2.24) is 5.32 Å². The molecule has 0 fully saturated rings. The topological polar surface area (TPSA) is 75.7 Å². The van der Waals surface area contributed by atoms with E-state index in [1.807, 2.05) is 36.4 Å². The minimum atomic E-state index is -1.03. The number of nitrogens with zero attached hydrogens (tertiary/aromatic N) is 1. The summed E-state index contributed by atoms with van der Waals surface area (Å²) in [4.78, 5) is 41.6. The van der Waals surface area contributed by atoms with Gasteiger partial charge in [-0.3, -0.25) is 9.59 Å². The van der Waals surface area contributed by atoms with Crippen LogP contribution in [0.15, 0.2) is 89.8 Å². The SMILES string of the molecule is CC1CCN(C(=O)COC(=O)C(NC(=O)c2ccccc2)c2ccccc2)c2ccccc2S1. The fraction of sp³-hybridized carbons (Fsp3) is 0.222. The molecule has 34 heavy (non-hydrogen) atoms. The number of hydrogen-bond donors (Lipinski definition) is 1. The number of anilines is 1. The van der Waals surface area contributed by atoms with Crippen LogP contribution in [-0.4, -0.2) is 36.2 Å². The van der Waals surface area contributed by atoms with Crippen molar-refractivity contribution in [3.05, 3.63) is 96.1 Å². The second kappa shape index (κ2) is 11.0. The lowest BCUT2D eigenvalue weighted by atomic mass is 10.1. The molecule has 0 saturated carbocycles. The van der Waals surface area contributed by atoms with E-state index in [1.165, 1.54) is 0 Å². The average molecular weight is 475 g/mol. The highest BCUT2D eigenvalue weighted by atomic mass is 32.2. The average Bonchev–Trinajstić information content (AvgIpc) is 3.04. The number of nitrogens with one attached hydrogen (secondary N) is 1. The first-order valence-electron chi connectivity index (χ1n) is 11.2. The summed E-state index contributed by atoms with van der Waals surface area (Å²) in [6.07, 6.45) is 0.832. The van der Waals surface area contributed by atoms with Gasteiger partial charge in [0.2, 0.25) is 0 Å². The smallest absolute Gasteiger partial charge is 0.333 e. The molecule has 1 heterocycles. The Balaban J connectivity index is 1.47. The maximum absolute atomic E-state index is 13.1. The van der Waals surface area contributed by atoms with Crippen molar-refractivity contribution in [2.75, 3.05) is 18.1 Å². The number of benzene rings is 3. The Bertz CT molecular complexity index is 1150. The zero-order chi connectivity index (χ0) is 23.9. The first-order valence-corrected chi connectivity index (χ1v) is 12.0. The molecule has 1 aliphatic rings. The summed E-state index contributed by atoms with van der Waals surface area (Å²) in [6.45, 7) is 2.28. The van der Waals surface area contributed by atoms with Crippen LogP contribution in [0.25, 0.3) is 0 Å². The number of hydrogen-bond acceptors (Lipinski definition) is 5. The van der Waals surface area contributed by atoms with Gasteiger partial charge in [-0.2, -0.15) is 0 Å². The van der Waals surface area contributed by atoms with Gasteiger partial charge in [0.05, 0.1) is 5.69 Å². The Labute approximate surface area is 203 Å². The van der Waals surface area contributed by atoms with Gasteiger partial charge in [0, 0.05) is 22.3 Å². The standard InChI is InChI=1S/C27H26N2O4S/c1-19-16-17-29(22-14-8-9-15-23(22)34-19)24(30)18-33-27(32)25(20-10-4-2-5-11-20)28-26(31)21-12-6-3-7-13-21/h2-15,19,25H,16-18H2,1H3,(H,28,31). The maximum atomic E-state index is 13.1. The van der Waals surface area contributed by atoms with Gasteiger partial charge in [0.15, 0.2) is 12.6 Å². The summed E-state index contributed by atoms with van der Waals surface area (Å²) >= 11 is 1.74. The minimum Gasteiger partial charge on any atom is -0.454 e. The van der Waals surface area contributed by atoms with Crippen LogP contribution in [-0.2, 0) is 14.3 Å². The van der Waals surface area contributed by atoms with Crippen molar-refractivity contribution in [2.24, 2.45) is 0 Å². The number of carbonyl (C=O) groups is 3. The Morgan fingerprint density at radius 2 is 1.62 bits per heavy atom. The van der Waals surface area contributed by atoms with Gasteiger partial charge in [0.1, 0.15) is 0 Å². The van der Waals surface area contributed by atoms with Gasteiger partial charge < -0.3 is 15.0 Å². The lowest BCUT2D eigenvalue weighted by Gasteiger charge is -2.23. The predicted molar refractivity (Wildman–Crippen MR) is 133 cm³/mol. The van der Waals surface area contributed by atoms with Crippen LogP contribution in [0.2, 0.25) is 0 Å². The van der Waals surface area contributed by atoms with Crippen molar-refractivity contribution >= 4 is 35.2 Å². The third kappa shape index (κ3) is 5.66. The van der Waals surface area contributed by atoms with E-state index < -0.39 is 24.5 Å². The molecule has 0 aliphatic carbocycles. The van der Waals surface area contributed by atoms with Gasteiger partial charge in [0.25, 0.3) is 11.8 Å². The molecule has 0 radical (unpaired) electrons. The molecule has 1 N–H and O–H groups in total. The molecule has 0 spiro atoms. The molecule has 0 aromatic heterocycles. The van der Waals surface area contributed by atoms with Crippen LogP contribution in [0.3, 0.4) is 0 Å². The number of esters is 1. The van der Waals surface area contributed by atoms with E-state index in [2.05, 4.69) is 12.2 Å². The fourth-order valence-corrected chi connectivity index (χ4v) is 4.88. The second-order valence-corrected chi connectivity index (χ2v) is 9.50. The normalized spacial score (nSPS) is 16.0. The van der Waals surface area contributed by atoms with Gasteiger partial charge in [-0.25, -0.2) is 4.79 Å². The quantitative estimate of drug-likeness (QED) is 0.528. The number of rotatable bonds is 6. The highest BCUT2D eigenvalue weighted by molar-refractivity contribution is 8.00. The van der Waals surface area contributed by atoms with E-state index in [4.69, 9.17) is 4.74 Å². The Morgan fingerprint density at radius 3 is 2.35 bits per heavy atom. The van der Waals surface area contributed by atoms with E-state index in [-0.39, 0.29) is 5.91 Å².